The molecule has 2 saturated carbocycles. The van der Waals surface area contributed by atoms with E-state index >= 15 is 0 Å². The summed E-state index contributed by atoms with van der Waals surface area (Å²) in [6, 6.07) is 0. The van der Waals surface area contributed by atoms with Crippen LogP contribution >= 0.6 is 0 Å². The van der Waals surface area contributed by atoms with Crippen LogP contribution in [0.2, 0.25) is 0 Å². The first-order valence-electron chi connectivity index (χ1n) is 9.55. The molecule has 2 N–H and O–H groups in total. The molecular weight excluding hydrogens is 320 g/mol. The molecule has 0 bridgehead atoms. The molecule has 3 fully saturated rings. The van der Waals surface area contributed by atoms with E-state index in [1.54, 1.807) is 12.3 Å². The number of carbonyl (C=O) groups is 1. The first-order valence-corrected chi connectivity index (χ1v) is 9.55. The Bertz CT molecular complexity index is 617. The standard InChI is InChI=1S/C20H30O5/c1-13-9-14(22)16-17(2,11-21)5-4-6-18(16,3)20(13)10-15(23)19(25-20)7-8-24-12-19/h7-8,13-14,16,21-22H,4-6,9-12H2,1-3H3/t13-,14-,16+,17-,18+,19-,20-/m1/s1. The Balaban J connectivity index is 1.82. The van der Waals surface area contributed by atoms with Gasteiger partial charge in [0, 0.05) is 24.4 Å². The molecule has 0 aromatic rings. The molecule has 2 heterocycles. The molecule has 5 nitrogen and oxygen atoms in total. The number of fused-ring (bicyclic) bond motifs is 2. The second kappa shape index (κ2) is 5.30. The SMILES string of the molecule is C[C@@H]1C[C@@H](O)[C@H]2[C@@](C)(CO)CCC[C@]2(C)[C@@]12CC(=O)[C@]1(C=COC1)O2. The summed E-state index contributed by atoms with van der Waals surface area (Å²) < 4.78 is 12.0. The lowest BCUT2D eigenvalue weighted by Gasteiger charge is -2.65. The van der Waals surface area contributed by atoms with E-state index in [4.69, 9.17) is 9.47 Å². The smallest absolute Gasteiger partial charge is 0.182 e. The van der Waals surface area contributed by atoms with Gasteiger partial charge >= 0.3 is 0 Å². The van der Waals surface area contributed by atoms with E-state index in [2.05, 4.69) is 20.8 Å². The second-order valence-corrected chi connectivity index (χ2v) is 9.36. The van der Waals surface area contributed by atoms with E-state index in [9.17, 15) is 15.0 Å². The first-order chi connectivity index (χ1) is 11.7. The molecule has 1 saturated heterocycles. The van der Waals surface area contributed by atoms with Gasteiger partial charge < -0.3 is 19.7 Å². The van der Waals surface area contributed by atoms with Crippen LogP contribution < -0.4 is 0 Å². The van der Waals surface area contributed by atoms with Crippen LogP contribution in [-0.4, -0.2) is 46.5 Å². The molecule has 140 valence electrons. The molecule has 0 amide bonds. The minimum atomic E-state index is -0.961. The lowest BCUT2D eigenvalue weighted by molar-refractivity contribution is -0.270. The molecular formula is C20H30O5. The number of rotatable bonds is 1. The molecule has 2 aliphatic carbocycles. The summed E-state index contributed by atoms with van der Waals surface area (Å²) in [7, 11) is 0. The molecule has 4 rings (SSSR count). The van der Waals surface area contributed by atoms with Crippen LogP contribution in [0, 0.1) is 22.7 Å². The number of hydrogen-bond donors (Lipinski definition) is 2. The van der Waals surface area contributed by atoms with Crippen LogP contribution in [-0.2, 0) is 14.3 Å². The van der Waals surface area contributed by atoms with Gasteiger partial charge in [-0.1, -0.05) is 27.2 Å². The molecule has 25 heavy (non-hydrogen) atoms. The molecule has 7 atom stereocenters. The van der Waals surface area contributed by atoms with E-state index in [1.807, 2.05) is 0 Å². The summed E-state index contributed by atoms with van der Waals surface area (Å²) in [4.78, 5) is 13.0. The number of aliphatic hydroxyl groups excluding tert-OH is 2. The van der Waals surface area contributed by atoms with Crippen molar-refractivity contribution in [1.29, 1.82) is 0 Å². The fourth-order valence-electron chi connectivity index (χ4n) is 6.75. The average molecular weight is 350 g/mol. The van der Waals surface area contributed by atoms with Crippen LogP contribution in [0.4, 0.5) is 0 Å². The van der Waals surface area contributed by atoms with Gasteiger partial charge in [0.1, 0.15) is 6.61 Å². The minimum Gasteiger partial charge on any atom is -0.498 e. The number of ether oxygens (including phenoxy) is 2. The maximum absolute atomic E-state index is 13.0. The van der Waals surface area contributed by atoms with Gasteiger partial charge in [0.05, 0.1) is 18.0 Å². The highest BCUT2D eigenvalue weighted by atomic mass is 16.6. The molecule has 0 aromatic heterocycles. The summed E-state index contributed by atoms with van der Waals surface area (Å²) in [5.41, 5.74) is -2.26. The quantitative estimate of drug-likeness (QED) is 0.758. The molecule has 0 unspecified atom stereocenters. The minimum absolute atomic E-state index is 0.0525. The molecule has 4 aliphatic rings. The highest BCUT2D eigenvalue weighted by Gasteiger charge is 2.71. The van der Waals surface area contributed by atoms with Crippen molar-refractivity contribution in [1.82, 2.24) is 0 Å². The maximum Gasteiger partial charge on any atom is 0.182 e. The van der Waals surface area contributed by atoms with E-state index in [0.717, 1.165) is 19.3 Å². The Kier molecular flexibility index (Phi) is 3.71. The Morgan fingerprint density at radius 1 is 1.32 bits per heavy atom. The number of aliphatic hydroxyl groups is 2. The summed E-state index contributed by atoms with van der Waals surface area (Å²) in [5.74, 6) is 0.0760. The Morgan fingerprint density at radius 3 is 2.72 bits per heavy atom. The zero-order valence-electron chi connectivity index (χ0n) is 15.5. The predicted octanol–water partition coefficient (Wildman–Crippen LogP) is 2.20. The third kappa shape index (κ3) is 2.03. The van der Waals surface area contributed by atoms with Gasteiger partial charge in [0.2, 0.25) is 0 Å². The van der Waals surface area contributed by atoms with Crippen molar-refractivity contribution in [2.24, 2.45) is 22.7 Å². The summed E-state index contributed by atoms with van der Waals surface area (Å²) in [6.45, 7) is 6.65. The molecule has 0 radical (unpaired) electrons. The van der Waals surface area contributed by atoms with E-state index < -0.39 is 17.3 Å². The fraction of sp³-hybridized carbons (Fsp3) is 0.850. The first kappa shape index (κ1) is 17.5. The maximum atomic E-state index is 13.0. The third-order valence-electron chi connectivity index (χ3n) is 7.98. The Morgan fingerprint density at radius 2 is 2.08 bits per heavy atom. The van der Waals surface area contributed by atoms with Gasteiger partial charge in [-0.2, -0.15) is 0 Å². The molecule has 2 spiro atoms. The molecule has 5 heteroatoms. The van der Waals surface area contributed by atoms with Crippen molar-refractivity contribution in [3.63, 3.8) is 0 Å². The van der Waals surface area contributed by atoms with Gasteiger partial charge in [0.25, 0.3) is 0 Å². The summed E-state index contributed by atoms with van der Waals surface area (Å²) in [6.07, 6.45) is 6.59. The Labute approximate surface area is 149 Å². The van der Waals surface area contributed by atoms with Gasteiger partial charge in [-0.25, -0.2) is 0 Å². The van der Waals surface area contributed by atoms with Gasteiger partial charge in [-0.05, 0) is 36.7 Å². The van der Waals surface area contributed by atoms with E-state index in [0.29, 0.717) is 12.8 Å². The van der Waals surface area contributed by atoms with Crippen molar-refractivity contribution in [2.75, 3.05) is 13.2 Å². The van der Waals surface area contributed by atoms with Gasteiger partial charge in [0.15, 0.2) is 11.4 Å². The number of ketones is 1. The lowest BCUT2D eigenvalue weighted by Crippen LogP contribution is -2.67. The van der Waals surface area contributed by atoms with Crippen molar-refractivity contribution in [2.45, 2.75) is 70.2 Å². The van der Waals surface area contributed by atoms with Gasteiger partial charge in [-0.3, -0.25) is 4.79 Å². The number of Topliss-reactive ketones (excluding diaryl/α,β-unsaturated/α-hetero) is 1. The van der Waals surface area contributed by atoms with Crippen LogP contribution in [0.1, 0.15) is 52.9 Å². The monoisotopic (exact) mass is 350 g/mol. The van der Waals surface area contributed by atoms with E-state index in [1.165, 1.54) is 0 Å². The highest BCUT2D eigenvalue weighted by molar-refractivity contribution is 5.93. The fourth-order valence-corrected chi connectivity index (χ4v) is 6.75. The zero-order valence-corrected chi connectivity index (χ0v) is 15.5. The summed E-state index contributed by atoms with van der Waals surface area (Å²) in [5, 5.41) is 21.1. The largest absolute Gasteiger partial charge is 0.498 e. The van der Waals surface area contributed by atoms with E-state index in [-0.39, 0.29) is 41.7 Å². The highest BCUT2D eigenvalue weighted by Crippen LogP contribution is 2.67. The summed E-state index contributed by atoms with van der Waals surface area (Å²) >= 11 is 0. The van der Waals surface area contributed by atoms with Crippen molar-refractivity contribution in [3.8, 4) is 0 Å². The van der Waals surface area contributed by atoms with Crippen LogP contribution in [0.25, 0.3) is 0 Å². The zero-order chi connectivity index (χ0) is 18.1. The van der Waals surface area contributed by atoms with Crippen molar-refractivity contribution < 1.29 is 24.5 Å². The lowest BCUT2D eigenvalue weighted by atomic mass is 9.43. The van der Waals surface area contributed by atoms with Crippen LogP contribution in [0.3, 0.4) is 0 Å². The number of hydrogen-bond acceptors (Lipinski definition) is 5. The third-order valence-corrected chi connectivity index (χ3v) is 7.98. The van der Waals surface area contributed by atoms with Crippen molar-refractivity contribution >= 4 is 5.78 Å². The molecule has 0 aromatic carbocycles. The normalized spacial score (nSPS) is 54.9. The topological polar surface area (TPSA) is 76.0 Å². The second-order valence-electron chi connectivity index (χ2n) is 9.36. The van der Waals surface area contributed by atoms with Crippen LogP contribution in [0.15, 0.2) is 12.3 Å². The number of carbonyl (C=O) groups excluding carboxylic acids is 1. The van der Waals surface area contributed by atoms with Gasteiger partial charge in [-0.15, -0.1) is 0 Å². The average Bonchev–Trinajstić information content (AvgIpc) is 3.13. The van der Waals surface area contributed by atoms with Crippen LogP contribution in [0.5, 0.6) is 0 Å². The predicted molar refractivity (Wildman–Crippen MR) is 91.7 cm³/mol. The molecule has 2 aliphatic heterocycles. The Hall–Kier alpha value is -0.910. The van der Waals surface area contributed by atoms with Crippen molar-refractivity contribution in [3.05, 3.63) is 12.3 Å².